The first-order chi connectivity index (χ1) is 7.92. The van der Waals surface area contributed by atoms with Crippen LogP contribution in [0.3, 0.4) is 0 Å². The zero-order chi connectivity index (χ0) is 12.6. The van der Waals surface area contributed by atoms with Gasteiger partial charge in [0.15, 0.2) is 0 Å². The molecule has 0 radical (unpaired) electrons. The highest BCUT2D eigenvalue weighted by Crippen LogP contribution is 2.28. The highest BCUT2D eigenvalue weighted by molar-refractivity contribution is 5.79. The fraction of sp³-hybridized carbons (Fsp3) is 0.364. The first kappa shape index (κ1) is 11.4. The Balaban J connectivity index is 2.61. The molecule has 0 aliphatic heterocycles. The molecule has 90 valence electrons. The molecule has 0 spiro atoms. The van der Waals surface area contributed by atoms with E-state index in [1.165, 1.54) is 0 Å². The summed E-state index contributed by atoms with van der Waals surface area (Å²) in [5, 5.41) is 0. The van der Waals surface area contributed by atoms with Gasteiger partial charge in [-0.2, -0.15) is 0 Å². The van der Waals surface area contributed by atoms with E-state index in [9.17, 15) is 4.79 Å². The van der Waals surface area contributed by atoms with Crippen molar-refractivity contribution >= 4 is 22.9 Å². The number of nitrogen functional groups attached to an aromatic ring is 1. The van der Waals surface area contributed by atoms with Crippen molar-refractivity contribution in [2.75, 3.05) is 5.73 Å². The van der Waals surface area contributed by atoms with Crippen molar-refractivity contribution in [3.63, 3.8) is 0 Å². The van der Waals surface area contributed by atoms with Gasteiger partial charge >= 0.3 is 0 Å². The van der Waals surface area contributed by atoms with E-state index in [4.69, 9.17) is 11.5 Å². The van der Waals surface area contributed by atoms with Gasteiger partial charge in [0.05, 0.1) is 17.3 Å². The molecule has 0 atom stereocenters. The van der Waals surface area contributed by atoms with E-state index in [0.717, 1.165) is 5.52 Å². The number of aromatic nitrogens is 3. The monoisotopic (exact) mass is 233 g/mol. The largest absolute Gasteiger partial charge is 0.370 e. The lowest BCUT2D eigenvalue weighted by molar-refractivity contribution is -0.119. The summed E-state index contributed by atoms with van der Waals surface area (Å²) in [7, 11) is 0. The molecule has 0 bridgehead atoms. The average molecular weight is 233 g/mol. The van der Waals surface area contributed by atoms with Crippen molar-refractivity contribution in [2.24, 2.45) is 5.73 Å². The third kappa shape index (κ3) is 1.93. The van der Waals surface area contributed by atoms with Crippen molar-refractivity contribution in [3.05, 3.63) is 18.5 Å². The zero-order valence-electron chi connectivity index (χ0n) is 9.84. The Kier molecular flexibility index (Phi) is 2.49. The van der Waals surface area contributed by atoms with Crippen LogP contribution in [-0.4, -0.2) is 20.4 Å². The van der Waals surface area contributed by atoms with Crippen molar-refractivity contribution in [1.29, 1.82) is 0 Å². The molecule has 0 saturated heterocycles. The molecule has 0 aliphatic carbocycles. The number of hydrogen-bond acceptors (Lipinski definition) is 4. The van der Waals surface area contributed by atoms with Gasteiger partial charge in [-0.3, -0.25) is 9.78 Å². The number of imidazole rings is 1. The molecular weight excluding hydrogens is 218 g/mol. The normalized spacial score (nSPS) is 11.9. The number of hydrogen-bond donors (Lipinski definition) is 2. The molecule has 0 saturated carbocycles. The van der Waals surface area contributed by atoms with Crippen molar-refractivity contribution in [2.45, 2.75) is 25.8 Å². The number of carbonyl (C=O) groups is 1. The molecule has 2 aromatic rings. The third-order valence-electron chi connectivity index (χ3n) is 2.69. The lowest BCUT2D eigenvalue weighted by Gasteiger charge is -2.26. The van der Waals surface area contributed by atoms with Gasteiger partial charge in [-0.15, -0.1) is 0 Å². The molecule has 0 aliphatic rings. The summed E-state index contributed by atoms with van der Waals surface area (Å²) in [5.74, 6) is -0.00967. The van der Waals surface area contributed by atoms with Crippen molar-refractivity contribution in [3.8, 4) is 0 Å². The van der Waals surface area contributed by atoms with E-state index >= 15 is 0 Å². The molecule has 6 heteroatoms. The summed E-state index contributed by atoms with van der Waals surface area (Å²) in [5.41, 5.74) is 12.2. The van der Waals surface area contributed by atoms with E-state index in [1.807, 2.05) is 24.5 Å². The molecule has 4 N–H and O–H groups in total. The Bertz CT molecular complexity index is 572. The van der Waals surface area contributed by atoms with Gasteiger partial charge in [0.2, 0.25) is 11.9 Å². The fourth-order valence-electron chi connectivity index (χ4n) is 2.09. The van der Waals surface area contributed by atoms with E-state index in [0.29, 0.717) is 11.5 Å². The standard InChI is InChI=1S/C11H15N5O/c1-11(2,5-9(12)17)16-8-3-4-14-6-7(8)15-10(16)13/h3-4,6H,5H2,1-2H3,(H2,12,17)(H2,13,15). The van der Waals surface area contributed by atoms with Crippen LogP contribution in [0.25, 0.3) is 11.0 Å². The summed E-state index contributed by atoms with van der Waals surface area (Å²) >= 11 is 0. The van der Waals surface area contributed by atoms with Crippen LogP contribution >= 0.6 is 0 Å². The van der Waals surface area contributed by atoms with Crippen LogP contribution < -0.4 is 11.5 Å². The Morgan fingerprint density at radius 1 is 1.53 bits per heavy atom. The van der Waals surface area contributed by atoms with Gasteiger partial charge in [0.25, 0.3) is 0 Å². The Hall–Kier alpha value is -2.11. The second-order valence-electron chi connectivity index (χ2n) is 4.63. The van der Waals surface area contributed by atoms with E-state index in [-0.39, 0.29) is 12.3 Å². The number of nitrogens with two attached hydrogens (primary N) is 2. The Morgan fingerprint density at radius 2 is 2.24 bits per heavy atom. The van der Waals surface area contributed by atoms with Crippen LogP contribution in [0.2, 0.25) is 0 Å². The zero-order valence-corrected chi connectivity index (χ0v) is 9.84. The minimum Gasteiger partial charge on any atom is -0.370 e. The van der Waals surface area contributed by atoms with Crippen LogP contribution in [0.5, 0.6) is 0 Å². The van der Waals surface area contributed by atoms with Crippen LogP contribution in [0.1, 0.15) is 20.3 Å². The maximum atomic E-state index is 11.1. The summed E-state index contributed by atoms with van der Waals surface area (Å²) in [4.78, 5) is 19.3. The smallest absolute Gasteiger partial charge is 0.219 e. The molecule has 2 aromatic heterocycles. The van der Waals surface area contributed by atoms with Gasteiger partial charge in [0.1, 0.15) is 5.52 Å². The first-order valence-corrected chi connectivity index (χ1v) is 5.28. The van der Waals surface area contributed by atoms with Crippen molar-refractivity contribution in [1.82, 2.24) is 14.5 Å². The summed E-state index contributed by atoms with van der Waals surface area (Å²) < 4.78 is 1.81. The predicted molar refractivity (Wildman–Crippen MR) is 65.1 cm³/mol. The number of fused-ring (bicyclic) bond motifs is 1. The van der Waals surface area contributed by atoms with Gasteiger partial charge in [-0.1, -0.05) is 0 Å². The van der Waals surface area contributed by atoms with Crippen LogP contribution in [0, 0.1) is 0 Å². The summed E-state index contributed by atoms with van der Waals surface area (Å²) in [6.07, 6.45) is 3.51. The van der Waals surface area contributed by atoms with Gasteiger partial charge in [-0.25, -0.2) is 4.98 Å². The molecule has 2 rings (SSSR count). The van der Waals surface area contributed by atoms with Gasteiger partial charge in [0, 0.05) is 12.6 Å². The highest BCUT2D eigenvalue weighted by Gasteiger charge is 2.27. The van der Waals surface area contributed by atoms with Crippen molar-refractivity contribution < 1.29 is 4.79 Å². The number of amides is 1. The summed E-state index contributed by atoms with van der Waals surface area (Å²) in [6.45, 7) is 3.80. The SMILES string of the molecule is CC(C)(CC(N)=O)n1c(N)nc2cnccc21. The minimum absolute atomic E-state index is 0.199. The topological polar surface area (TPSA) is 99.8 Å². The molecule has 6 nitrogen and oxygen atoms in total. The number of nitrogens with zero attached hydrogens (tertiary/aromatic N) is 3. The van der Waals surface area contributed by atoms with Crippen LogP contribution in [-0.2, 0) is 10.3 Å². The van der Waals surface area contributed by atoms with E-state index < -0.39 is 5.54 Å². The Labute approximate surface area is 98.6 Å². The fourth-order valence-corrected chi connectivity index (χ4v) is 2.09. The maximum absolute atomic E-state index is 11.1. The molecule has 0 fully saturated rings. The van der Waals surface area contributed by atoms with Gasteiger partial charge < -0.3 is 16.0 Å². The number of rotatable bonds is 3. The average Bonchev–Trinajstić information content (AvgIpc) is 2.51. The maximum Gasteiger partial charge on any atom is 0.219 e. The number of primary amides is 1. The predicted octanol–water partition coefficient (Wildman–Crippen LogP) is 0.624. The third-order valence-corrected chi connectivity index (χ3v) is 2.69. The lowest BCUT2D eigenvalue weighted by atomic mass is 9.99. The second-order valence-corrected chi connectivity index (χ2v) is 4.63. The van der Waals surface area contributed by atoms with E-state index in [2.05, 4.69) is 9.97 Å². The molecule has 0 unspecified atom stereocenters. The minimum atomic E-state index is -0.508. The molecule has 2 heterocycles. The second kappa shape index (κ2) is 3.73. The number of pyridine rings is 1. The Morgan fingerprint density at radius 3 is 2.88 bits per heavy atom. The lowest BCUT2D eigenvalue weighted by Crippen LogP contribution is -2.33. The molecule has 17 heavy (non-hydrogen) atoms. The number of anilines is 1. The van der Waals surface area contributed by atoms with Crippen LogP contribution in [0.4, 0.5) is 5.95 Å². The van der Waals surface area contributed by atoms with Gasteiger partial charge in [-0.05, 0) is 19.9 Å². The molecule has 1 amide bonds. The first-order valence-electron chi connectivity index (χ1n) is 5.28. The summed E-state index contributed by atoms with van der Waals surface area (Å²) in [6, 6.07) is 1.82. The molecular formula is C11H15N5O. The molecule has 0 aromatic carbocycles. The van der Waals surface area contributed by atoms with Crippen LogP contribution in [0.15, 0.2) is 18.5 Å². The highest BCUT2D eigenvalue weighted by atomic mass is 16.1. The number of carbonyl (C=O) groups excluding carboxylic acids is 1. The quantitative estimate of drug-likeness (QED) is 0.811. The van der Waals surface area contributed by atoms with E-state index in [1.54, 1.807) is 12.4 Å².